The number of anilines is 1. The van der Waals surface area contributed by atoms with Crippen molar-refractivity contribution in [3.63, 3.8) is 0 Å². The number of rotatable bonds is 11. The fourth-order valence-corrected chi connectivity index (χ4v) is 4.49. The number of hydrogen-bond acceptors (Lipinski definition) is 9. The summed E-state index contributed by atoms with van der Waals surface area (Å²) >= 11 is 1.22. The van der Waals surface area contributed by atoms with E-state index < -0.39 is 11.9 Å². The second kappa shape index (κ2) is 13.1. The van der Waals surface area contributed by atoms with Gasteiger partial charge in [0.2, 0.25) is 5.69 Å². The molecule has 0 bridgehead atoms. The topological polar surface area (TPSA) is 137 Å². The van der Waals surface area contributed by atoms with E-state index in [-0.39, 0.29) is 42.4 Å². The standard InChI is InChI=1S/C27H24N4O6S/c1-29-24-23(18-7-9-20(10-8-18)37-12-11-32)21(14-28)26(30-25(24)31(2)15-22(33)36-3)38-16-17-5-4-6-19(13-17)27(34)35/h4-10,13,32H,11-12,15-16H2,2-3H3,(H,34,35). The minimum absolute atomic E-state index is 0.0919. The molecule has 0 spiro atoms. The number of aliphatic hydroxyl groups excluding tert-OH is 1. The highest BCUT2D eigenvalue weighted by Crippen LogP contribution is 2.44. The zero-order valence-electron chi connectivity index (χ0n) is 20.7. The largest absolute Gasteiger partial charge is 0.491 e. The number of esters is 1. The summed E-state index contributed by atoms with van der Waals surface area (Å²) in [6.07, 6.45) is 0. The molecular formula is C27H24N4O6S. The van der Waals surface area contributed by atoms with E-state index in [0.29, 0.717) is 33.2 Å². The maximum absolute atomic E-state index is 12.0. The Morgan fingerprint density at radius 2 is 1.97 bits per heavy atom. The molecule has 0 aliphatic heterocycles. The van der Waals surface area contributed by atoms with E-state index in [9.17, 15) is 20.0 Å². The monoisotopic (exact) mass is 532 g/mol. The highest BCUT2D eigenvalue weighted by atomic mass is 32.2. The van der Waals surface area contributed by atoms with Crippen LogP contribution in [0.3, 0.4) is 0 Å². The summed E-state index contributed by atoms with van der Waals surface area (Å²) in [6.45, 7) is 7.70. The van der Waals surface area contributed by atoms with Gasteiger partial charge in [-0.2, -0.15) is 5.26 Å². The zero-order chi connectivity index (χ0) is 27.7. The first-order valence-corrected chi connectivity index (χ1v) is 12.2. The number of ether oxygens (including phenoxy) is 2. The van der Waals surface area contributed by atoms with Crippen molar-refractivity contribution in [1.29, 1.82) is 5.26 Å². The van der Waals surface area contributed by atoms with Gasteiger partial charge in [0.05, 0.1) is 31.4 Å². The van der Waals surface area contributed by atoms with Gasteiger partial charge in [0, 0.05) is 18.4 Å². The molecule has 0 unspecified atom stereocenters. The molecule has 11 heteroatoms. The average molecular weight is 533 g/mol. The lowest BCUT2D eigenvalue weighted by Gasteiger charge is -2.22. The molecule has 2 N–H and O–H groups in total. The van der Waals surface area contributed by atoms with Crippen molar-refractivity contribution in [2.24, 2.45) is 0 Å². The number of carbonyl (C=O) groups is 2. The molecule has 1 aromatic heterocycles. The number of hydrogen-bond donors (Lipinski definition) is 2. The molecule has 0 saturated heterocycles. The maximum atomic E-state index is 12.0. The fraction of sp³-hybridized carbons (Fsp3) is 0.222. The summed E-state index contributed by atoms with van der Waals surface area (Å²) in [6, 6.07) is 15.4. The van der Waals surface area contributed by atoms with Gasteiger partial charge in [0.25, 0.3) is 0 Å². The second-order valence-electron chi connectivity index (χ2n) is 7.89. The first-order chi connectivity index (χ1) is 18.3. The molecule has 10 nitrogen and oxygen atoms in total. The Hall–Kier alpha value is -4.58. The van der Waals surface area contributed by atoms with E-state index in [1.54, 1.807) is 49.5 Å². The Labute approximate surface area is 223 Å². The third-order valence-corrected chi connectivity index (χ3v) is 6.40. The predicted octanol–water partition coefficient (Wildman–Crippen LogP) is 4.14. The molecule has 3 rings (SSSR count). The molecule has 0 amide bonds. The van der Waals surface area contributed by atoms with Crippen molar-refractivity contribution in [2.45, 2.75) is 10.8 Å². The Bertz CT molecular complexity index is 1410. The molecule has 0 fully saturated rings. The third kappa shape index (κ3) is 6.59. The van der Waals surface area contributed by atoms with Crippen molar-refractivity contribution >= 4 is 35.2 Å². The van der Waals surface area contributed by atoms with E-state index in [1.165, 1.54) is 29.8 Å². The highest BCUT2D eigenvalue weighted by Gasteiger charge is 2.25. The Morgan fingerprint density at radius 1 is 1.24 bits per heavy atom. The van der Waals surface area contributed by atoms with Crippen molar-refractivity contribution in [1.82, 2.24) is 4.98 Å². The molecule has 0 atom stereocenters. The molecule has 1 heterocycles. The van der Waals surface area contributed by atoms with Gasteiger partial charge in [-0.25, -0.2) is 14.6 Å². The van der Waals surface area contributed by atoms with Crippen molar-refractivity contribution in [3.05, 3.63) is 76.6 Å². The van der Waals surface area contributed by atoms with Crippen molar-refractivity contribution < 1.29 is 29.3 Å². The van der Waals surface area contributed by atoms with Gasteiger partial charge in [-0.15, -0.1) is 11.8 Å². The number of nitriles is 1. The summed E-state index contributed by atoms with van der Waals surface area (Å²) < 4.78 is 10.2. The van der Waals surface area contributed by atoms with Crippen LogP contribution in [0.15, 0.2) is 53.6 Å². The molecule has 38 heavy (non-hydrogen) atoms. The number of thioether (sulfide) groups is 1. The molecular weight excluding hydrogens is 508 g/mol. The fourth-order valence-electron chi connectivity index (χ4n) is 3.56. The van der Waals surface area contributed by atoms with Crippen LogP contribution in [0.5, 0.6) is 5.75 Å². The van der Waals surface area contributed by atoms with Gasteiger partial charge >= 0.3 is 11.9 Å². The van der Waals surface area contributed by atoms with Crippen LogP contribution < -0.4 is 9.64 Å². The SMILES string of the molecule is [C-]#[N+]c1c(N(C)CC(=O)OC)nc(SCc2cccc(C(=O)O)c2)c(C#N)c1-c1ccc(OCCO)cc1. The Balaban J connectivity index is 2.14. The zero-order valence-corrected chi connectivity index (χ0v) is 21.5. The van der Waals surface area contributed by atoms with Crippen LogP contribution in [0, 0.1) is 17.9 Å². The summed E-state index contributed by atoms with van der Waals surface area (Å²) in [5.41, 5.74) is 2.03. The number of benzene rings is 2. The first kappa shape index (κ1) is 28.0. The molecule has 2 aromatic carbocycles. The van der Waals surface area contributed by atoms with Crippen LogP contribution in [-0.4, -0.2) is 61.1 Å². The van der Waals surface area contributed by atoms with E-state index in [4.69, 9.17) is 21.2 Å². The van der Waals surface area contributed by atoms with Gasteiger partial charge in [-0.1, -0.05) is 24.3 Å². The van der Waals surface area contributed by atoms with E-state index in [1.807, 2.05) is 0 Å². The number of aromatic carboxylic acids is 1. The summed E-state index contributed by atoms with van der Waals surface area (Å²) in [5, 5.41) is 28.8. The molecule has 0 saturated carbocycles. The van der Waals surface area contributed by atoms with E-state index in [0.717, 1.165) is 0 Å². The lowest BCUT2D eigenvalue weighted by molar-refractivity contribution is -0.138. The number of aromatic nitrogens is 1. The van der Waals surface area contributed by atoms with Crippen LogP contribution in [0.25, 0.3) is 16.0 Å². The lowest BCUT2D eigenvalue weighted by atomic mass is 9.99. The second-order valence-corrected chi connectivity index (χ2v) is 8.85. The van der Waals surface area contributed by atoms with Gasteiger partial charge < -0.3 is 24.6 Å². The van der Waals surface area contributed by atoms with E-state index in [2.05, 4.69) is 15.9 Å². The average Bonchev–Trinajstić information content (AvgIpc) is 2.94. The molecule has 0 radical (unpaired) electrons. The van der Waals surface area contributed by atoms with Crippen molar-refractivity contribution in [2.75, 3.05) is 38.8 Å². The Morgan fingerprint density at radius 3 is 2.58 bits per heavy atom. The van der Waals surface area contributed by atoms with Crippen LogP contribution >= 0.6 is 11.8 Å². The summed E-state index contributed by atoms with van der Waals surface area (Å²) in [4.78, 5) is 33.1. The number of methoxy groups -OCH3 is 1. The number of nitrogens with zero attached hydrogens (tertiary/aromatic N) is 4. The number of pyridine rings is 1. The molecule has 194 valence electrons. The maximum Gasteiger partial charge on any atom is 0.335 e. The Kier molecular flexibility index (Phi) is 9.66. The van der Waals surface area contributed by atoms with Gasteiger partial charge in [-0.3, -0.25) is 4.79 Å². The normalized spacial score (nSPS) is 10.2. The number of aliphatic hydroxyl groups is 1. The molecule has 3 aromatic rings. The number of likely N-dealkylation sites (N-methyl/N-ethyl adjacent to an activating group) is 1. The van der Waals surface area contributed by atoms with Crippen LogP contribution in [-0.2, 0) is 15.3 Å². The first-order valence-electron chi connectivity index (χ1n) is 11.3. The summed E-state index contributed by atoms with van der Waals surface area (Å²) in [7, 11) is 2.86. The van der Waals surface area contributed by atoms with E-state index >= 15 is 0 Å². The quantitative estimate of drug-likeness (QED) is 0.210. The van der Waals surface area contributed by atoms with Gasteiger partial charge in [-0.05, 0) is 35.4 Å². The van der Waals surface area contributed by atoms with Crippen molar-refractivity contribution in [3.8, 4) is 22.9 Å². The minimum Gasteiger partial charge on any atom is -0.491 e. The van der Waals surface area contributed by atoms with Gasteiger partial charge in [0.1, 0.15) is 35.8 Å². The minimum atomic E-state index is -1.05. The third-order valence-electron chi connectivity index (χ3n) is 5.35. The van der Waals surface area contributed by atoms with Crippen LogP contribution in [0.2, 0.25) is 0 Å². The highest BCUT2D eigenvalue weighted by molar-refractivity contribution is 7.98. The van der Waals surface area contributed by atoms with Gasteiger partial charge in [0.15, 0.2) is 0 Å². The smallest absolute Gasteiger partial charge is 0.335 e. The number of carboxylic acids is 1. The number of carbonyl (C=O) groups excluding carboxylic acids is 1. The van der Waals surface area contributed by atoms with Crippen LogP contribution in [0.1, 0.15) is 21.5 Å². The molecule has 0 aliphatic carbocycles. The molecule has 0 aliphatic rings. The summed E-state index contributed by atoms with van der Waals surface area (Å²) in [5.74, 6) is -0.554. The lowest BCUT2D eigenvalue weighted by Crippen LogP contribution is -2.27. The van der Waals surface area contributed by atoms with Crippen LogP contribution in [0.4, 0.5) is 11.5 Å². The predicted molar refractivity (Wildman–Crippen MR) is 141 cm³/mol. The number of carboxylic acid groups (broad SMARTS) is 1.